The molecule has 1 aliphatic rings. The normalized spacial score (nSPS) is 17.6. The van der Waals surface area contributed by atoms with Crippen LogP contribution in [-0.4, -0.2) is 31.3 Å². The summed E-state index contributed by atoms with van der Waals surface area (Å²) < 4.78 is 30.3. The lowest BCUT2D eigenvalue weighted by atomic mass is 10.1. The summed E-state index contributed by atoms with van der Waals surface area (Å²) in [5.74, 6) is 0.174. The third kappa shape index (κ3) is 6.54. The zero-order valence-corrected chi connectivity index (χ0v) is 16.9. The summed E-state index contributed by atoms with van der Waals surface area (Å²) >= 11 is 0. The number of carbonyl (C=O) groups excluding carboxylic acids is 1. The molecule has 1 saturated heterocycles. The van der Waals surface area contributed by atoms with Gasteiger partial charge in [-0.25, -0.2) is 4.39 Å². The van der Waals surface area contributed by atoms with Crippen LogP contribution in [0.2, 0.25) is 0 Å². The van der Waals surface area contributed by atoms with Gasteiger partial charge in [-0.1, -0.05) is 12.1 Å². The van der Waals surface area contributed by atoms with Gasteiger partial charge < -0.3 is 19.5 Å². The Bertz CT molecular complexity index is 820. The predicted octanol–water partition coefficient (Wildman–Crippen LogP) is 4.63. The van der Waals surface area contributed by atoms with Crippen LogP contribution in [0, 0.1) is 12.7 Å². The fourth-order valence-corrected chi connectivity index (χ4v) is 3.16. The van der Waals surface area contributed by atoms with Crippen molar-refractivity contribution in [2.45, 2.75) is 51.9 Å². The van der Waals surface area contributed by atoms with Crippen molar-refractivity contribution in [3.63, 3.8) is 0 Å². The highest BCUT2D eigenvalue weighted by atomic mass is 19.1. The fraction of sp³-hybridized carbons (Fsp3) is 0.435. The lowest BCUT2D eigenvalue weighted by molar-refractivity contribution is -0.130. The van der Waals surface area contributed by atoms with Gasteiger partial charge in [-0.3, -0.25) is 4.79 Å². The van der Waals surface area contributed by atoms with Gasteiger partial charge in [-0.15, -0.1) is 0 Å². The second kappa shape index (κ2) is 10.4. The van der Waals surface area contributed by atoms with Crippen molar-refractivity contribution in [3.8, 4) is 5.75 Å². The highest BCUT2D eigenvalue weighted by molar-refractivity contribution is 5.94. The van der Waals surface area contributed by atoms with Crippen LogP contribution in [0.15, 0.2) is 42.5 Å². The number of halogens is 1. The first-order chi connectivity index (χ1) is 14.0. The van der Waals surface area contributed by atoms with Crippen molar-refractivity contribution in [3.05, 3.63) is 59.4 Å². The van der Waals surface area contributed by atoms with Gasteiger partial charge in [0.1, 0.15) is 24.3 Å². The first-order valence-electron chi connectivity index (χ1n) is 10.0. The standard InChI is InChI=1S/C23H28FNO4/c1-16-12-20(29-14-18-6-5-7-19(24)13-18)9-10-22(16)25-23(26)17(2)28-15-21-8-3-4-11-27-21/h5-7,9-10,12-13,17,21H,3-4,8,11,14-15H2,1-2H3,(H,25,26). The number of benzene rings is 2. The molecule has 1 amide bonds. The Kier molecular flexibility index (Phi) is 7.61. The summed E-state index contributed by atoms with van der Waals surface area (Å²) in [7, 11) is 0. The molecule has 6 heteroatoms. The smallest absolute Gasteiger partial charge is 0.253 e. The van der Waals surface area contributed by atoms with Gasteiger partial charge in [-0.2, -0.15) is 0 Å². The average molecular weight is 401 g/mol. The van der Waals surface area contributed by atoms with Crippen LogP contribution in [0.5, 0.6) is 5.75 Å². The molecule has 3 rings (SSSR count). The van der Waals surface area contributed by atoms with Crippen molar-refractivity contribution < 1.29 is 23.4 Å². The first kappa shape index (κ1) is 21.3. The molecule has 2 unspecified atom stereocenters. The molecule has 0 saturated carbocycles. The van der Waals surface area contributed by atoms with Crippen LogP contribution < -0.4 is 10.1 Å². The van der Waals surface area contributed by atoms with E-state index in [-0.39, 0.29) is 24.4 Å². The summed E-state index contributed by atoms with van der Waals surface area (Å²) in [6, 6.07) is 11.7. The lowest BCUT2D eigenvalue weighted by Gasteiger charge is -2.24. The Hall–Kier alpha value is -2.44. The topological polar surface area (TPSA) is 56.8 Å². The van der Waals surface area contributed by atoms with E-state index in [0.717, 1.165) is 37.0 Å². The van der Waals surface area contributed by atoms with Crippen molar-refractivity contribution in [2.75, 3.05) is 18.5 Å². The van der Waals surface area contributed by atoms with Crippen molar-refractivity contribution in [2.24, 2.45) is 0 Å². The van der Waals surface area contributed by atoms with Crippen molar-refractivity contribution >= 4 is 11.6 Å². The number of hydrogen-bond acceptors (Lipinski definition) is 4. The molecule has 2 aromatic carbocycles. The molecule has 2 aromatic rings. The number of anilines is 1. The summed E-state index contributed by atoms with van der Waals surface area (Å²) in [5.41, 5.74) is 2.34. The zero-order valence-electron chi connectivity index (χ0n) is 16.9. The molecule has 156 valence electrons. The first-order valence-corrected chi connectivity index (χ1v) is 10.0. The van der Waals surface area contributed by atoms with Crippen molar-refractivity contribution in [1.29, 1.82) is 0 Å². The molecular formula is C23H28FNO4. The minimum absolute atomic E-state index is 0.0789. The maximum absolute atomic E-state index is 13.2. The van der Waals surface area contributed by atoms with E-state index < -0.39 is 6.10 Å². The summed E-state index contributed by atoms with van der Waals surface area (Å²) in [4.78, 5) is 12.4. The number of rotatable bonds is 8. The highest BCUT2D eigenvalue weighted by Gasteiger charge is 2.19. The number of ether oxygens (including phenoxy) is 3. The highest BCUT2D eigenvalue weighted by Crippen LogP contribution is 2.23. The zero-order chi connectivity index (χ0) is 20.6. The molecular weight excluding hydrogens is 373 g/mol. The second-order valence-corrected chi connectivity index (χ2v) is 7.35. The molecule has 1 fully saturated rings. The third-order valence-electron chi connectivity index (χ3n) is 4.93. The predicted molar refractivity (Wildman–Crippen MR) is 110 cm³/mol. The van der Waals surface area contributed by atoms with Gasteiger partial charge in [0.15, 0.2) is 0 Å². The maximum Gasteiger partial charge on any atom is 0.253 e. The van der Waals surface area contributed by atoms with Crippen LogP contribution in [-0.2, 0) is 20.9 Å². The SMILES string of the molecule is Cc1cc(OCc2cccc(F)c2)ccc1NC(=O)C(C)OCC1CCCCO1. The Morgan fingerprint density at radius 3 is 2.86 bits per heavy atom. The summed E-state index contributed by atoms with van der Waals surface area (Å²) in [6.07, 6.45) is 2.72. The lowest BCUT2D eigenvalue weighted by Crippen LogP contribution is -2.32. The molecule has 1 aliphatic heterocycles. The van der Waals surface area contributed by atoms with Crippen LogP contribution in [0.4, 0.5) is 10.1 Å². The minimum atomic E-state index is -0.566. The Morgan fingerprint density at radius 1 is 1.28 bits per heavy atom. The van der Waals surface area contributed by atoms with Gasteiger partial charge in [0.2, 0.25) is 0 Å². The molecule has 0 aliphatic carbocycles. The van der Waals surface area contributed by atoms with Gasteiger partial charge in [-0.05, 0) is 74.6 Å². The number of nitrogens with one attached hydrogen (secondary N) is 1. The Morgan fingerprint density at radius 2 is 2.14 bits per heavy atom. The van der Waals surface area contributed by atoms with Crippen LogP contribution in [0.3, 0.4) is 0 Å². The number of aryl methyl sites for hydroxylation is 1. The average Bonchev–Trinajstić information content (AvgIpc) is 2.73. The molecule has 1 heterocycles. The molecule has 1 N–H and O–H groups in total. The van der Waals surface area contributed by atoms with Gasteiger partial charge >= 0.3 is 0 Å². The van der Waals surface area contributed by atoms with E-state index in [2.05, 4.69) is 5.32 Å². The van der Waals surface area contributed by atoms with Crippen LogP contribution >= 0.6 is 0 Å². The van der Waals surface area contributed by atoms with E-state index in [1.165, 1.54) is 12.1 Å². The summed E-state index contributed by atoms with van der Waals surface area (Å²) in [6.45, 7) is 5.11. The number of carbonyl (C=O) groups is 1. The van der Waals surface area contributed by atoms with Crippen LogP contribution in [0.1, 0.15) is 37.3 Å². The van der Waals surface area contributed by atoms with Gasteiger partial charge in [0.05, 0.1) is 12.7 Å². The summed E-state index contributed by atoms with van der Waals surface area (Å²) in [5, 5.41) is 2.90. The molecule has 0 aromatic heterocycles. The largest absolute Gasteiger partial charge is 0.489 e. The Balaban J connectivity index is 1.49. The minimum Gasteiger partial charge on any atom is -0.489 e. The van der Waals surface area contributed by atoms with Crippen molar-refractivity contribution in [1.82, 2.24) is 0 Å². The molecule has 0 radical (unpaired) electrons. The van der Waals surface area contributed by atoms with E-state index in [4.69, 9.17) is 14.2 Å². The monoisotopic (exact) mass is 401 g/mol. The number of hydrogen-bond donors (Lipinski definition) is 1. The third-order valence-corrected chi connectivity index (χ3v) is 4.93. The Labute approximate surface area is 171 Å². The van der Waals surface area contributed by atoms with E-state index in [0.29, 0.717) is 18.0 Å². The molecule has 29 heavy (non-hydrogen) atoms. The molecule has 0 bridgehead atoms. The fourth-order valence-electron chi connectivity index (χ4n) is 3.16. The van der Waals surface area contributed by atoms with Crippen LogP contribution in [0.25, 0.3) is 0 Å². The molecule has 0 spiro atoms. The quantitative estimate of drug-likeness (QED) is 0.701. The van der Waals surface area contributed by atoms with E-state index in [1.807, 2.05) is 19.1 Å². The molecule has 5 nitrogen and oxygen atoms in total. The van der Waals surface area contributed by atoms with E-state index in [1.54, 1.807) is 25.1 Å². The number of amides is 1. The van der Waals surface area contributed by atoms with Gasteiger partial charge in [0, 0.05) is 12.3 Å². The second-order valence-electron chi connectivity index (χ2n) is 7.35. The van der Waals surface area contributed by atoms with E-state index in [9.17, 15) is 9.18 Å². The van der Waals surface area contributed by atoms with Gasteiger partial charge in [0.25, 0.3) is 5.91 Å². The maximum atomic E-state index is 13.2. The molecule has 2 atom stereocenters. The van der Waals surface area contributed by atoms with E-state index >= 15 is 0 Å².